The van der Waals surface area contributed by atoms with Crippen molar-refractivity contribution >= 4 is 5.97 Å². The number of carbonyl (C=O) groups is 1. The first-order valence-corrected chi connectivity index (χ1v) is 7.77. The van der Waals surface area contributed by atoms with Gasteiger partial charge in [-0.3, -0.25) is 0 Å². The maximum atomic E-state index is 11.4. The maximum absolute atomic E-state index is 11.4. The van der Waals surface area contributed by atoms with Gasteiger partial charge in [-0.2, -0.15) is 0 Å². The Balaban J connectivity index is 2.11. The zero-order valence-corrected chi connectivity index (χ0v) is 13.9. The molecule has 1 heterocycles. The number of quaternary nitrogens is 1. The first-order valence-electron chi connectivity index (χ1n) is 7.77. The molecule has 1 aliphatic heterocycles. The van der Waals surface area contributed by atoms with E-state index in [0.29, 0.717) is 17.1 Å². The molecule has 2 aromatic rings. The molecule has 132 valence electrons. The van der Waals surface area contributed by atoms with Gasteiger partial charge in [0, 0.05) is 17.5 Å². The molecule has 0 saturated heterocycles. The minimum atomic E-state index is -1.18. The predicted octanol–water partition coefficient (Wildman–Crippen LogP) is -0.558. The summed E-state index contributed by atoms with van der Waals surface area (Å²) in [4.78, 5) is 11.4. The number of carboxylic acid groups (broad SMARTS) is 1. The van der Waals surface area contributed by atoms with Crippen LogP contribution in [0.15, 0.2) is 30.3 Å². The van der Waals surface area contributed by atoms with E-state index in [9.17, 15) is 20.1 Å². The molecule has 7 nitrogen and oxygen atoms in total. The van der Waals surface area contributed by atoms with E-state index in [1.165, 1.54) is 26.4 Å². The summed E-state index contributed by atoms with van der Waals surface area (Å²) < 4.78 is 10.5. The number of nitrogens with two attached hydrogens (primary N) is 1. The lowest BCUT2D eigenvalue weighted by Crippen LogP contribution is -2.95. The number of rotatable bonds is 4. The average Bonchev–Trinajstić information content (AvgIpc) is 2.61. The molecule has 25 heavy (non-hydrogen) atoms. The van der Waals surface area contributed by atoms with Crippen LogP contribution < -0.4 is 19.9 Å². The van der Waals surface area contributed by atoms with Crippen LogP contribution >= 0.6 is 0 Å². The fraction of sp³-hybridized carbons (Fsp3) is 0.278. The van der Waals surface area contributed by atoms with E-state index < -0.39 is 18.1 Å². The lowest BCUT2D eigenvalue weighted by atomic mass is 9.86. The monoisotopic (exact) mass is 345 g/mol. The zero-order chi connectivity index (χ0) is 18.1. The Labute approximate surface area is 144 Å². The summed E-state index contributed by atoms with van der Waals surface area (Å²) in [5.41, 5.74) is 2.18. The van der Waals surface area contributed by atoms with Crippen molar-refractivity contribution in [1.29, 1.82) is 0 Å². The second-order valence-electron chi connectivity index (χ2n) is 5.95. The first-order chi connectivity index (χ1) is 11.9. The summed E-state index contributed by atoms with van der Waals surface area (Å²) in [6.45, 7) is 0. The van der Waals surface area contributed by atoms with Crippen LogP contribution in [0.3, 0.4) is 0 Å². The van der Waals surface area contributed by atoms with Crippen molar-refractivity contribution in [2.45, 2.75) is 18.5 Å². The van der Waals surface area contributed by atoms with Crippen LogP contribution in [-0.4, -0.2) is 36.4 Å². The topological polar surface area (TPSA) is 116 Å². The van der Waals surface area contributed by atoms with Gasteiger partial charge in [0.1, 0.15) is 12.1 Å². The summed E-state index contributed by atoms with van der Waals surface area (Å²) in [6.07, 6.45) is 0.204. The van der Waals surface area contributed by atoms with E-state index in [0.717, 1.165) is 11.1 Å². The highest BCUT2D eigenvalue weighted by molar-refractivity contribution is 5.70. The van der Waals surface area contributed by atoms with Crippen LogP contribution in [0.2, 0.25) is 0 Å². The minimum Gasteiger partial charge on any atom is -0.544 e. The Bertz CT molecular complexity index is 819. The Kier molecular flexibility index (Phi) is 4.41. The van der Waals surface area contributed by atoms with Gasteiger partial charge < -0.3 is 34.9 Å². The fourth-order valence-electron chi connectivity index (χ4n) is 3.24. The van der Waals surface area contributed by atoms with Crippen molar-refractivity contribution in [3.63, 3.8) is 0 Å². The molecule has 0 radical (unpaired) electrons. The Morgan fingerprint density at radius 2 is 1.80 bits per heavy atom. The molecule has 0 fully saturated rings. The number of carboxylic acids is 1. The number of benzene rings is 2. The molecule has 0 unspecified atom stereocenters. The van der Waals surface area contributed by atoms with E-state index in [-0.39, 0.29) is 17.9 Å². The van der Waals surface area contributed by atoms with Gasteiger partial charge in [-0.05, 0) is 35.9 Å². The molecule has 3 rings (SSSR count). The summed E-state index contributed by atoms with van der Waals surface area (Å²) in [5.74, 6) is -0.613. The number of aliphatic carboxylic acids is 1. The van der Waals surface area contributed by atoms with Crippen molar-refractivity contribution in [2.75, 3.05) is 14.2 Å². The summed E-state index contributed by atoms with van der Waals surface area (Å²) in [5, 5.41) is 32.7. The maximum Gasteiger partial charge on any atom is 0.161 e. The van der Waals surface area contributed by atoms with Crippen LogP contribution in [0, 0.1) is 0 Å². The molecule has 2 atom stereocenters. The van der Waals surface area contributed by atoms with Crippen LogP contribution in [0.5, 0.6) is 23.0 Å². The van der Waals surface area contributed by atoms with Crippen LogP contribution in [0.4, 0.5) is 0 Å². The van der Waals surface area contributed by atoms with Crippen LogP contribution in [0.25, 0.3) is 0 Å². The highest BCUT2D eigenvalue weighted by atomic mass is 16.5. The van der Waals surface area contributed by atoms with Gasteiger partial charge in [-0.15, -0.1) is 0 Å². The van der Waals surface area contributed by atoms with E-state index >= 15 is 0 Å². The predicted molar refractivity (Wildman–Crippen MR) is 85.6 cm³/mol. The number of carbonyl (C=O) groups excluding carboxylic acids is 1. The van der Waals surface area contributed by atoms with Crippen molar-refractivity contribution in [2.24, 2.45) is 0 Å². The molecule has 1 aliphatic rings. The highest BCUT2D eigenvalue weighted by Gasteiger charge is 2.33. The number of fused-ring (bicyclic) bond motifs is 1. The SMILES string of the molecule is COc1ccc([C@@H]2[NH2+][C@H](C(=O)[O-])Cc3cc(O)c(O)cc32)cc1OC. The van der Waals surface area contributed by atoms with Gasteiger partial charge in [0.05, 0.1) is 20.2 Å². The quantitative estimate of drug-likeness (QED) is 0.640. The molecule has 0 bridgehead atoms. The average molecular weight is 345 g/mol. The standard InChI is InChI=1S/C18H19NO6/c1-24-15-4-3-9(7-16(15)25-2)17-11-8-14(21)13(20)6-10(11)5-12(19-17)18(22)23/h3-4,6-8,12,17,19-21H,5H2,1-2H3,(H,22,23)/t12-,17-/m0/s1. The molecule has 0 amide bonds. The first kappa shape index (κ1) is 16.9. The third kappa shape index (κ3) is 3.06. The second kappa shape index (κ2) is 6.52. The number of ether oxygens (including phenoxy) is 2. The smallest absolute Gasteiger partial charge is 0.161 e. The van der Waals surface area contributed by atoms with Gasteiger partial charge in [0.25, 0.3) is 0 Å². The number of hydrogen-bond donors (Lipinski definition) is 3. The molecular weight excluding hydrogens is 326 g/mol. The number of hydrogen-bond acceptors (Lipinski definition) is 6. The summed E-state index contributed by atoms with van der Waals surface area (Å²) in [6, 6.07) is 7.01. The normalized spacial score (nSPS) is 19.1. The Morgan fingerprint density at radius 3 is 2.44 bits per heavy atom. The molecule has 4 N–H and O–H groups in total. The molecular formula is C18H19NO6. The highest BCUT2D eigenvalue weighted by Crippen LogP contribution is 2.37. The second-order valence-corrected chi connectivity index (χ2v) is 5.95. The molecule has 0 spiro atoms. The minimum absolute atomic E-state index is 0.204. The van der Waals surface area contributed by atoms with Gasteiger partial charge >= 0.3 is 0 Å². The molecule has 2 aromatic carbocycles. The third-order valence-corrected chi connectivity index (χ3v) is 4.51. The Hall–Kier alpha value is -2.93. The van der Waals surface area contributed by atoms with Crippen molar-refractivity contribution in [1.82, 2.24) is 0 Å². The van der Waals surface area contributed by atoms with E-state index in [1.807, 2.05) is 6.07 Å². The van der Waals surface area contributed by atoms with E-state index in [1.54, 1.807) is 17.4 Å². The van der Waals surface area contributed by atoms with Gasteiger partial charge in [0.2, 0.25) is 0 Å². The van der Waals surface area contributed by atoms with Crippen LogP contribution in [0.1, 0.15) is 22.7 Å². The Morgan fingerprint density at radius 1 is 1.12 bits per heavy atom. The van der Waals surface area contributed by atoms with Gasteiger partial charge in [-0.1, -0.05) is 0 Å². The number of aromatic hydroxyl groups is 2. The molecule has 0 aromatic heterocycles. The largest absolute Gasteiger partial charge is 0.544 e. The summed E-state index contributed by atoms with van der Waals surface area (Å²) >= 11 is 0. The number of phenols is 2. The van der Waals surface area contributed by atoms with Crippen molar-refractivity contribution < 1.29 is 34.9 Å². The van der Waals surface area contributed by atoms with Gasteiger partial charge in [-0.25, -0.2) is 0 Å². The lowest BCUT2D eigenvalue weighted by molar-refractivity contribution is -0.716. The van der Waals surface area contributed by atoms with Gasteiger partial charge in [0.15, 0.2) is 23.0 Å². The molecule has 0 saturated carbocycles. The number of methoxy groups -OCH3 is 2. The lowest BCUT2D eigenvalue weighted by Gasteiger charge is -2.31. The van der Waals surface area contributed by atoms with E-state index in [4.69, 9.17) is 9.47 Å². The fourth-order valence-corrected chi connectivity index (χ4v) is 3.24. The number of phenolic OH excluding ortho intramolecular Hbond substituents is 2. The van der Waals surface area contributed by atoms with Crippen LogP contribution in [-0.2, 0) is 11.2 Å². The molecule has 0 aliphatic carbocycles. The van der Waals surface area contributed by atoms with E-state index in [2.05, 4.69) is 0 Å². The summed E-state index contributed by atoms with van der Waals surface area (Å²) in [7, 11) is 3.06. The molecule has 7 heteroatoms. The van der Waals surface area contributed by atoms with Crippen molar-refractivity contribution in [3.8, 4) is 23.0 Å². The van der Waals surface area contributed by atoms with Crippen molar-refractivity contribution in [3.05, 3.63) is 47.0 Å². The third-order valence-electron chi connectivity index (χ3n) is 4.51. The zero-order valence-electron chi connectivity index (χ0n) is 13.9.